The lowest BCUT2D eigenvalue weighted by Gasteiger charge is -2.07. The lowest BCUT2D eigenvalue weighted by atomic mass is 10.3. The number of hydrogen-bond donors (Lipinski definition) is 1. The Morgan fingerprint density at radius 3 is 2.76 bits per heavy atom. The van der Waals surface area contributed by atoms with Crippen molar-refractivity contribution in [3.05, 3.63) is 27.9 Å². The van der Waals surface area contributed by atoms with Crippen LogP contribution < -0.4 is 5.32 Å². The Balaban J connectivity index is 2.73. The fraction of sp³-hybridized carbons (Fsp3) is 0.500. The van der Waals surface area contributed by atoms with Crippen molar-refractivity contribution in [2.24, 2.45) is 7.05 Å². The second kappa shape index (κ2) is 5.81. The van der Waals surface area contributed by atoms with Gasteiger partial charge in [0.05, 0.1) is 7.05 Å². The van der Waals surface area contributed by atoms with Gasteiger partial charge in [-0.15, -0.1) is 0 Å². The third kappa shape index (κ3) is 3.29. The Labute approximate surface area is 107 Å². The normalized spacial score (nSPS) is 12.2. The first-order valence-corrected chi connectivity index (χ1v) is 6.11. The predicted molar refractivity (Wildman–Crippen MR) is 67.4 cm³/mol. The molecular weight excluding hydrogens is 290 g/mol. The minimum absolute atomic E-state index is 0.0963. The maximum absolute atomic E-state index is 11.7. The molecule has 94 valence electrons. The standard InChI is InChI=1S/C10H14BrN3O3/c1-3-7(11)6-12-10(15)8-4-5-9(13(8)2)14(16)17/h4-5,7H,3,6H2,1-2H3,(H,12,15). The summed E-state index contributed by atoms with van der Waals surface area (Å²) in [6.45, 7) is 2.49. The molecule has 1 aromatic heterocycles. The Morgan fingerprint density at radius 1 is 1.65 bits per heavy atom. The maximum atomic E-state index is 11.7. The van der Waals surface area contributed by atoms with E-state index in [1.165, 1.54) is 23.7 Å². The number of nitrogens with one attached hydrogen (secondary N) is 1. The molecule has 0 spiro atoms. The number of carbonyl (C=O) groups excluding carboxylic acids is 1. The van der Waals surface area contributed by atoms with E-state index in [9.17, 15) is 14.9 Å². The van der Waals surface area contributed by atoms with Crippen LogP contribution in [-0.4, -0.2) is 26.8 Å². The monoisotopic (exact) mass is 303 g/mol. The van der Waals surface area contributed by atoms with Crippen LogP contribution in [0.15, 0.2) is 12.1 Å². The second-order valence-corrected chi connectivity index (χ2v) is 4.90. The van der Waals surface area contributed by atoms with E-state index in [0.717, 1.165) is 6.42 Å². The maximum Gasteiger partial charge on any atom is 0.323 e. The third-order valence-corrected chi connectivity index (χ3v) is 3.41. The van der Waals surface area contributed by atoms with Crippen molar-refractivity contribution in [1.29, 1.82) is 0 Å². The van der Waals surface area contributed by atoms with Crippen LogP contribution in [-0.2, 0) is 7.05 Å². The number of amides is 1. The molecule has 0 aliphatic carbocycles. The van der Waals surface area contributed by atoms with Gasteiger partial charge in [-0.25, -0.2) is 4.57 Å². The summed E-state index contributed by atoms with van der Waals surface area (Å²) in [6, 6.07) is 2.77. The van der Waals surface area contributed by atoms with E-state index in [4.69, 9.17) is 0 Å². The Hall–Kier alpha value is -1.37. The van der Waals surface area contributed by atoms with Crippen LogP contribution in [0.4, 0.5) is 5.82 Å². The van der Waals surface area contributed by atoms with Crippen molar-refractivity contribution in [3.8, 4) is 0 Å². The van der Waals surface area contributed by atoms with Crippen molar-refractivity contribution in [1.82, 2.24) is 9.88 Å². The highest BCUT2D eigenvalue weighted by atomic mass is 79.9. The lowest BCUT2D eigenvalue weighted by Crippen LogP contribution is -2.30. The van der Waals surface area contributed by atoms with Crippen LogP contribution in [0.3, 0.4) is 0 Å². The fourth-order valence-corrected chi connectivity index (χ4v) is 1.51. The predicted octanol–water partition coefficient (Wildman–Crippen LogP) is 1.84. The van der Waals surface area contributed by atoms with E-state index in [1.807, 2.05) is 6.92 Å². The zero-order valence-corrected chi connectivity index (χ0v) is 11.2. The molecule has 17 heavy (non-hydrogen) atoms. The molecule has 0 aliphatic rings. The van der Waals surface area contributed by atoms with E-state index in [1.54, 1.807) is 0 Å². The average molecular weight is 304 g/mol. The molecule has 0 saturated carbocycles. The molecule has 7 heteroatoms. The highest BCUT2D eigenvalue weighted by Crippen LogP contribution is 2.14. The van der Waals surface area contributed by atoms with Crippen LogP contribution in [0.25, 0.3) is 0 Å². The molecule has 0 aliphatic heterocycles. The van der Waals surface area contributed by atoms with Gasteiger partial charge >= 0.3 is 5.82 Å². The minimum atomic E-state index is -0.518. The summed E-state index contributed by atoms with van der Waals surface area (Å²) in [7, 11) is 1.50. The largest absolute Gasteiger partial charge is 0.358 e. The van der Waals surface area contributed by atoms with Gasteiger partial charge in [0.25, 0.3) is 5.91 Å². The fourth-order valence-electron chi connectivity index (χ4n) is 1.35. The molecule has 1 unspecified atom stereocenters. The van der Waals surface area contributed by atoms with Crippen molar-refractivity contribution in [2.75, 3.05) is 6.54 Å². The molecule has 0 bridgehead atoms. The number of hydrogen-bond acceptors (Lipinski definition) is 3. The van der Waals surface area contributed by atoms with Gasteiger partial charge < -0.3 is 15.4 Å². The van der Waals surface area contributed by atoms with Gasteiger partial charge in [-0.1, -0.05) is 22.9 Å². The number of aromatic nitrogens is 1. The number of rotatable bonds is 5. The highest BCUT2D eigenvalue weighted by Gasteiger charge is 2.20. The van der Waals surface area contributed by atoms with Crippen LogP contribution in [0.1, 0.15) is 23.8 Å². The number of alkyl halides is 1. The Bertz CT molecular complexity index is 430. The topological polar surface area (TPSA) is 77.2 Å². The zero-order valence-electron chi connectivity index (χ0n) is 9.64. The van der Waals surface area contributed by atoms with E-state index >= 15 is 0 Å². The van der Waals surface area contributed by atoms with Gasteiger partial charge in [0, 0.05) is 17.4 Å². The summed E-state index contributed by atoms with van der Waals surface area (Å²) in [5.74, 6) is -0.403. The van der Waals surface area contributed by atoms with E-state index < -0.39 is 4.92 Å². The summed E-state index contributed by atoms with van der Waals surface area (Å²) in [6.07, 6.45) is 0.896. The van der Waals surface area contributed by atoms with Crippen LogP contribution >= 0.6 is 15.9 Å². The number of nitrogens with zero attached hydrogens (tertiary/aromatic N) is 2. The molecular formula is C10H14BrN3O3. The molecule has 1 N–H and O–H groups in total. The highest BCUT2D eigenvalue weighted by molar-refractivity contribution is 9.09. The zero-order chi connectivity index (χ0) is 13.0. The Morgan fingerprint density at radius 2 is 2.29 bits per heavy atom. The van der Waals surface area contributed by atoms with Crippen molar-refractivity contribution < 1.29 is 9.72 Å². The molecule has 1 heterocycles. The molecule has 0 aromatic carbocycles. The average Bonchev–Trinajstić information content (AvgIpc) is 2.67. The number of carbonyl (C=O) groups is 1. The van der Waals surface area contributed by atoms with Crippen molar-refractivity contribution in [3.63, 3.8) is 0 Å². The van der Waals surface area contributed by atoms with Gasteiger partial charge in [0.1, 0.15) is 0 Å². The quantitative estimate of drug-likeness (QED) is 0.512. The van der Waals surface area contributed by atoms with Gasteiger partial charge in [-0.2, -0.15) is 0 Å². The minimum Gasteiger partial charge on any atom is -0.358 e. The molecule has 1 rings (SSSR count). The lowest BCUT2D eigenvalue weighted by molar-refractivity contribution is -0.391. The summed E-state index contributed by atoms with van der Waals surface area (Å²) in [4.78, 5) is 22.1. The van der Waals surface area contributed by atoms with E-state index in [-0.39, 0.29) is 22.2 Å². The van der Waals surface area contributed by atoms with Gasteiger partial charge in [-0.05, 0) is 17.4 Å². The third-order valence-electron chi connectivity index (χ3n) is 2.44. The Kier molecular flexibility index (Phi) is 4.68. The molecule has 0 saturated heterocycles. The molecule has 1 atom stereocenters. The smallest absolute Gasteiger partial charge is 0.323 e. The summed E-state index contributed by atoms with van der Waals surface area (Å²) in [5, 5.41) is 13.3. The van der Waals surface area contributed by atoms with Gasteiger partial charge in [0.2, 0.25) is 0 Å². The summed E-state index contributed by atoms with van der Waals surface area (Å²) < 4.78 is 1.27. The van der Waals surface area contributed by atoms with Crippen molar-refractivity contribution >= 4 is 27.7 Å². The second-order valence-electron chi connectivity index (χ2n) is 3.61. The first kappa shape index (κ1) is 13.7. The number of halogens is 1. The molecule has 1 aromatic rings. The van der Waals surface area contributed by atoms with E-state index in [2.05, 4.69) is 21.2 Å². The van der Waals surface area contributed by atoms with E-state index in [0.29, 0.717) is 6.54 Å². The molecule has 6 nitrogen and oxygen atoms in total. The van der Waals surface area contributed by atoms with Crippen molar-refractivity contribution in [2.45, 2.75) is 18.2 Å². The molecule has 0 fully saturated rings. The van der Waals surface area contributed by atoms with Crippen LogP contribution in [0, 0.1) is 10.1 Å². The first-order chi connectivity index (χ1) is 7.97. The van der Waals surface area contributed by atoms with Crippen LogP contribution in [0.2, 0.25) is 0 Å². The van der Waals surface area contributed by atoms with Gasteiger partial charge in [-0.3, -0.25) is 4.79 Å². The molecule has 1 amide bonds. The van der Waals surface area contributed by atoms with Gasteiger partial charge in [0.15, 0.2) is 5.69 Å². The number of nitro groups is 1. The van der Waals surface area contributed by atoms with Crippen LogP contribution in [0.5, 0.6) is 0 Å². The first-order valence-electron chi connectivity index (χ1n) is 5.19. The molecule has 0 radical (unpaired) electrons. The SMILES string of the molecule is CCC(Br)CNC(=O)c1ccc([N+](=O)[O-])n1C. The summed E-state index contributed by atoms with van der Waals surface area (Å²) >= 11 is 3.40. The summed E-state index contributed by atoms with van der Waals surface area (Å²) in [5.41, 5.74) is 0.285.